The van der Waals surface area contributed by atoms with Gasteiger partial charge in [-0.3, -0.25) is 4.79 Å². The molecule has 1 aliphatic heterocycles. The molecular formula is C16H24N2O. The predicted octanol–water partition coefficient (Wildman–Crippen LogP) is 2.48. The number of hydrogen-bond donors (Lipinski definition) is 0. The third-order valence-corrected chi connectivity index (χ3v) is 3.85. The van der Waals surface area contributed by atoms with E-state index in [1.165, 1.54) is 17.5 Å². The van der Waals surface area contributed by atoms with Crippen molar-refractivity contribution >= 4 is 11.6 Å². The van der Waals surface area contributed by atoms with Crippen molar-refractivity contribution in [3.05, 3.63) is 29.3 Å². The average molecular weight is 260 g/mol. The Labute approximate surface area is 116 Å². The zero-order valence-corrected chi connectivity index (χ0v) is 12.3. The van der Waals surface area contributed by atoms with Crippen molar-refractivity contribution < 1.29 is 4.79 Å². The van der Waals surface area contributed by atoms with Gasteiger partial charge in [0.25, 0.3) is 0 Å². The van der Waals surface area contributed by atoms with E-state index in [0.29, 0.717) is 6.42 Å². The van der Waals surface area contributed by atoms with Crippen molar-refractivity contribution in [3.8, 4) is 0 Å². The number of carbonyl (C=O) groups is 1. The third kappa shape index (κ3) is 2.98. The zero-order valence-electron chi connectivity index (χ0n) is 12.3. The summed E-state index contributed by atoms with van der Waals surface area (Å²) in [7, 11) is 2.16. The van der Waals surface area contributed by atoms with Gasteiger partial charge in [0.05, 0.1) is 6.42 Å². The first kappa shape index (κ1) is 14.1. The second-order valence-corrected chi connectivity index (χ2v) is 5.28. The summed E-state index contributed by atoms with van der Waals surface area (Å²) < 4.78 is 0. The monoisotopic (exact) mass is 260 g/mol. The second-order valence-electron chi connectivity index (χ2n) is 5.28. The highest BCUT2D eigenvalue weighted by Crippen LogP contribution is 2.31. The van der Waals surface area contributed by atoms with Crippen LogP contribution in [0.3, 0.4) is 0 Å². The van der Waals surface area contributed by atoms with Gasteiger partial charge in [0.2, 0.25) is 5.91 Å². The minimum absolute atomic E-state index is 0.242. The molecule has 0 atom stereocenters. The van der Waals surface area contributed by atoms with Crippen molar-refractivity contribution in [2.24, 2.45) is 0 Å². The van der Waals surface area contributed by atoms with Gasteiger partial charge in [-0.1, -0.05) is 19.1 Å². The lowest BCUT2D eigenvalue weighted by Gasteiger charge is -2.17. The Morgan fingerprint density at radius 1 is 1.26 bits per heavy atom. The number of benzene rings is 1. The van der Waals surface area contributed by atoms with Crippen molar-refractivity contribution in [1.82, 2.24) is 4.90 Å². The van der Waals surface area contributed by atoms with E-state index in [1.54, 1.807) is 0 Å². The van der Waals surface area contributed by atoms with E-state index in [1.807, 2.05) is 11.8 Å². The highest BCUT2D eigenvalue weighted by atomic mass is 16.2. The first-order chi connectivity index (χ1) is 9.17. The van der Waals surface area contributed by atoms with Gasteiger partial charge in [-0.05, 0) is 50.6 Å². The number of likely N-dealkylation sites (N-methyl/N-ethyl adjacent to an activating group) is 2. The van der Waals surface area contributed by atoms with Crippen LogP contribution in [-0.4, -0.2) is 37.5 Å². The molecule has 1 amide bonds. The maximum atomic E-state index is 12.0. The van der Waals surface area contributed by atoms with Crippen LogP contribution >= 0.6 is 0 Å². The Morgan fingerprint density at radius 2 is 2.05 bits per heavy atom. The molecule has 0 aliphatic carbocycles. The molecule has 1 aromatic carbocycles. The summed E-state index contributed by atoms with van der Waals surface area (Å²) in [5.74, 6) is 0.242. The molecular weight excluding hydrogens is 236 g/mol. The third-order valence-electron chi connectivity index (χ3n) is 3.85. The number of hydrogen-bond acceptors (Lipinski definition) is 2. The Bertz CT molecular complexity index is 456. The Balaban J connectivity index is 2.12. The second kappa shape index (κ2) is 6.20. The molecule has 0 N–H and O–H groups in total. The van der Waals surface area contributed by atoms with Crippen molar-refractivity contribution in [1.29, 1.82) is 0 Å². The molecule has 0 radical (unpaired) electrons. The molecule has 2 rings (SSSR count). The lowest BCUT2D eigenvalue weighted by Crippen LogP contribution is -2.25. The first-order valence-corrected chi connectivity index (χ1v) is 7.27. The summed E-state index contributed by atoms with van der Waals surface area (Å²) >= 11 is 0. The smallest absolute Gasteiger partial charge is 0.231 e. The molecule has 1 aliphatic rings. The quantitative estimate of drug-likeness (QED) is 0.784. The van der Waals surface area contributed by atoms with Gasteiger partial charge in [0.15, 0.2) is 0 Å². The molecule has 0 saturated carbocycles. The zero-order chi connectivity index (χ0) is 13.8. The summed E-state index contributed by atoms with van der Waals surface area (Å²) in [4.78, 5) is 16.2. The minimum Gasteiger partial charge on any atom is -0.312 e. The van der Waals surface area contributed by atoms with Crippen LogP contribution < -0.4 is 4.90 Å². The standard InChI is InChI=1S/C16H24N2O/c1-4-10-17(3)11-9-13-7-6-8-15-14(13)12-16(19)18(15)5-2/h6-8H,4-5,9-12H2,1-3H3. The van der Waals surface area contributed by atoms with Crippen LogP contribution in [-0.2, 0) is 17.6 Å². The Kier molecular flexibility index (Phi) is 4.59. The molecule has 1 heterocycles. The van der Waals surface area contributed by atoms with Gasteiger partial charge >= 0.3 is 0 Å². The van der Waals surface area contributed by atoms with Gasteiger partial charge < -0.3 is 9.80 Å². The van der Waals surface area contributed by atoms with Crippen LogP contribution in [0.2, 0.25) is 0 Å². The fourth-order valence-corrected chi connectivity index (χ4v) is 2.84. The topological polar surface area (TPSA) is 23.6 Å². The Hall–Kier alpha value is -1.35. The molecule has 3 nitrogen and oxygen atoms in total. The van der Waals surface area contributed by atoms with Crippen LogP contribution in [0.15, 0.2) is 18.2 Å². The van der Waals surface area contributed by atoms with Crippen molar-refractivity contribution in [2.45, 2.75) is 33.1 Å². The number of carbonyl (C=O) groups excluding carboxylic acids is 1. The molecule has 0 saturated heterocycles. The SMILES string of the molecule is CCCN(C)CCc1cccc2c1CC(=O)N2CC. The van der Waals surface area contributed by atoms with E-state index in [0.717, 1.165) is 31.7 Å². The van der Waals surface area contributed by atoms with Gasteiger partial charge in [0, 0.05) is 18.8 Å². The molecule has 0 bridgehead atoms. The molecule has 0 aromatic heterocycles. The number of amides is 1. The summed E-state index contributed by atoms with van der Waals surface area (Å²) in [6.07, 6.45) is 2.80. The minimum atomic E-state index is 0.242. The summed E-state index contributed by atoms with van der Waals surface area (Å²) in [6.45, 7) is 7.20. The maximum Gasteiger partial charge on any atom is 0.231 e. The lowest BCUT2D eigenvalue weighted by atomic mass is 10.0. The molecule has 0 spiro atoms. The fraction of sp³-hybridized carbons (Fsp3) is 0.562. The Morgan fingerprint density at radius 3 is 2.74 bits per heavy atom. The van der Waals surface area contributed by atoms with Gasteiger partial charge in [-0.25, -0.2) is 0 Å². The highest BCUT2D eigenvalue weighted by molar-refractivity contribution is 6.01. The molecule has 0 unspecified atom stereocenters. The van der Waals surface area contributed by atoms with E-state index in [2.05, 4.69) is 37.1 Å². The maximum absolute atomic E-state index is 12.0. The largest absolute Gasteiger partial charge is 0.312 e. The normalized spacial score (nSPS) is 14.3. The van der Waals surface area contributed by atoms with Gasteiger partial charge in [-0.15, -0.1) is 0 Å². The first-order valence-electron chi connectivity index (χ1n) is 7.27. The molecule has 0 fully saturated rings. The van der Waals surface area contributed by atoms with Gasteiger partial charge in [0.1, 0.15) is 0 Å². The highest BCUT2D eigenvalue weighted by Gasteiger charge is 2.27. The van der Waals surface area contributed by atoms with Crippen LogP contribution in [0, 0.1) is 0 Å². The van der Waals surface area contributed by atoms with E-state index in [-0.39, 0.29) is 5.91 Å². The van der Waals surface area contributed by atoms with Crippen LogP contribution in [0.1, 0.15) is 31.4 Å². The van der Waals surface area contributed by atoms with Crippen molar-refractivity contribution in [2.75, 3.05) is 31.6 Å². The van der Waals surface area contributed by atoms with Crippen LogP contribution in [0.5, 0.6) is 0 Å². The van der Waals surface area contributed by atoms with Crippen molar-refractivity contribution in [3.63, 3.8) is 0 Å². The lowest BCUT2D eigenvalue weighted by molar-refractivity contribution is -0.117. The number of fused-ring (bicyclic) bond motifs is 1. The number of rotatable bonds is 6. The molecule has 1 aromatic rings. The fourth-order valence-electron chi connectivity index (χ4n) is 2.84. The number of nitrogens with zero attached hydrogens (tertiary/aromatic N) is 2. The predicted molar refractivity (Wildman–Crippen MR) is 79.7 cm³/mol. The van der Waals surface area contributed by atoms with E-state index >= 15 is 0 Å². The van der Waals surface area contributed by atoms with E-state index in [4.69, 9.17) is 0 Å². The van der Waals surface area contributed by atoms with E-state index < -0.39 is 0 Å². The molecule has 19 heavy (non-hydrogen) atoms. The van der Waals surface area contributed by atoms with E-state index in [9.17, 15) is 4.79 Å². The molecule has 3 heteroatoms. The van der Waals surface area contributed by atoms with Crippen LogP contribution in [0.4, 0.5) is 5.69 Å². The average Bonchev–Trinajstić information content (AvgIpc) is 2.72. The summed E-state index contributed by atoms with van der Waals surface area (Å²) in [6, 6.07) is 6.32. The van der Waals surface area contributed by atoms with Crippen LogP contribution in [0.25, 0.3) is 0 Å². The summed E-state index contributed by atoms with van der Waals surface area (Å²) in [5.41, 5.74) is 3.71. The summed E-state index contributed by atoms with van der Waals surface area (Å²) in [5, 5.41) is 0. The van der Waals surface area contributed by atoms with Gasteiger partial charge in [-0.2, -0.15) is 0 Å². The molecule has 104 valence electrons. The number of anilines is 1.